The molecule has 0 fully saturated rings. The zero-order valence-corrected chi connectivity index (χ0v) is 18.3. The Morgan fingerprint density at radius 3 is 2.07 bits per heavy atom. The second-order valence-electron chi connectivity index (χ2n) is 6.70. The molecule has 0 aromatic heterocycles. The Morgan fingerprint density at radius 2 is 1.59 bits per heavy atom. The lowest BCUT2D eigenvalue weighted by Crippen LogP contribution is -2.48. The Labute approximate surface area is 172 Å². The number of hydrogen-bond acceptors (Lipinski definition) is 5. The van der Waals surface area contributed by atoms with E-state index in [0.717, 1.165) is 21.9 Å². The van der Waals surface area contributed by atoms with Crippen LogP contribution in [-0.2, 0) is 21.4 Å². The summed E-state index contributed by atoms with van der Waals surface area (Å²) in [6.07, 6.45) is 1.09. The van der Waals surface area contributed by atoms with Crippen LogP contribution in [0, 0.1) is 0 Å². The predicted molar refractivity (Wildman–Crippen MR) is 114 cm³/mol. The number of anilines is 1. The molecule has 0 radical (unpaired) electrons. The Morgan fingerprint density at radius 1 is 1.03 bits per heavy atom. The highest BCUT2D eigenvalue weighted by atomic mass is 32.2. The molecule has 8 heteroatoms. The van der Waals surface area contributed by atoms with Gasteiger partial charge in [-0.1, -0.05) is 12.1 Å². The largest absolute Gasteiger partial charge is 0.497 e. The maximum atomic E-state index is 13.0. The molecule has 2 rings (SSSR count). The first kappa shape index (κ1) is 22.5. The van der Waals surface area contributed by atoms with Crippen molar-refractivity contribution in [2.45, 2.75) is 26.4 Å². The molecule has 0 aliphatic heterocycles. The molecule has 2 aromatic carbocycles. The smallest absolute Gasteiger partial charge is 0.246 e. The van der Waals surface area contributed by atoms with Gasteiger partial charge in [0.2, 0.25) is 15.9 Å². The summed E-state index contributed by atoms with van der Waals surface area (Å²) in [5, 5.41) is 0. The summed E-state index contributed by atoms with van der Waals surface area (Å²) in [7, 11) is -0.429. The van der Waals surface area contributed by atoms with Crippen molar-refractivity contribution in [1.82, 2.24) is 4.90 Å². The molecular formula is C21H28N2O5S. The summed E-state index contributed by atoms with van der Waals surface area (Å²) in [6.45, 7) is 4.33. The first-order chi connectivity index (χ1) is 13.7. The molecule has 0 aliphatic carbocycles. The van der Waals surface area contributed by atoms with Crippen molar-refractivity contribution < 1.29 is 22.7 Å². The van der Waals surface area contributed by atoms with E-state index in [1.807, 2.05) is 31.2 Å². The third kappa shape index (κ3) is 5.87. The van der Waals surface area contributed by atoms with E-state index in [2.05, 4.69) is 0 Å². The summed E-state index contributed by atoms with van der Waals surface area (Å²) in [4.78, 5) is 14.5. The lowest BCUT2D eigenvalue weighted by Gasteiger charge is -2.31. The molecule has 158 valence electrons. The zero-order chi connectivity index (χ0) is 21.6. The number of benzene rings is 2. The molecule has 0 spiro atoms. The van der Waals surface area contributed by atoms with Gasteiger partial charge in [-0.15, -0.1) is 0 Å². The lowest BCUT2D eigenvalue weighted by molar-refractivity contribution is -0.131. The summed E-state index contributed by atoms with van der Waals surface area (Å²) < 4.78 is 36.6. The van der Waals surface area contributed by atoms with Gasteiger partial charge in [0.25, 0.3) is 0 Å². The Balaban J connectivity index is 2.20. The van der Waals surface area contributed by atoms with Gasteiger partial charge in [0.15, 0.2) is 0 Å². The molecule has 0 aliphatic rings. The van der Waals surface area contributed by atoms with Crippen molar-refractivity contribution in [3.8, 4) is 11.5 Å². The number of amides is 1. The molecule has 29 heavy (non-hydrogen) atoms. The Bertz CT molecular complexity index is 911. The fourth-order valence-corrected chi connectivity index (χ4v) is 4.23. The van der Waals surface area contributed by atoms with Gasteiger partial charge in [-0.25, -0.2) is 8.42 Å². The minimum absolute atomic E-state index is 0.305. The van der Waals surface area contributed by atoms with E-state index in [1.54, 1.807) is 45.3 Å². The molecule has 0 saturated heterocycles. The van der Waals surface area contributed by atoms with E-state index in [0.29, 0.717) is 24.6 Å². The molecular weight excluding hydrogens is 392 g/mol. The standard InChI is InChI=1S/C21H28N2O5S/c1-6-28-20-13-9-18(10-14-20)23(29(5,25)26)16(2)21(24)22(3)15-17-7-11-19(27-4)12-8-17/h7-14,16H,6,15H2,1-5H3. The van der Waals surface area contributed by atoms with Crippen LogP contribution in [-0.4, -0.2) is 52.3 Å². The third-order valence-corrected chi connectivity index (χ3v) is 5.67. The monoisotopic (exact) mass is 420 g/mol. The van der Waals surface area contributed by atoms with Crippen LogP contribution in [0.4, 0.5) is 5.69 Å². The van der Waals surface area contributed by atoms with Crippen LogP contribution in [0.3, 0.4) is 0 Å². The number of carbonyl (C=O) groups excluding carboxylic acids is 1. The average molecular weight is 421 g/mol. The van der Waals surface area contributed by atoms with Crippen LogP contribution in [0.5, 0.6) is 11.5 Å². The average Bonchev–Trinajstić information content (AvgIpc) is 2.68. The van der Waals surface area contributed by atoms with E-state index in [9.17, 15) is 13.2 Å². The minimum atomic E-state index is -3.67. The second-order valence-corrected chi connectivity index (χ2v) is 8.56. The predicted octanol–water partition coefficient (Wildman–Crippen LogP) is 2.91. The quantitative estimate of drug-likeness (QED) is 0.623. The van der Waals surface area contributed by atoms with Gasteiger partial charge in [-0.3, -0.25) is 9.10 Å². The van der Waals surface area contributed by atoms with Crippen LogP contribution in [0.15, 0.2) is 48.5 Å². The van der Waals surface area contributed by atoms with Gasteiger partial charge in [0, 0.05) is 13.6 Å². The molecule has 0 N–H and O–H groups in total. The molecule has 7 nitrogen and oxygen atoms in total. The summed E-state index contributed by atoms with van der Waals surface area (Å²) >= 11 is 0. The third-order valence-electron chi connectivity index (χ3n) is 4.42. The van der Waals surface area contributed by atoms with Crippen LogP contribution in [0.25, 0.3) is 0 Å². The SMILES string of the molecule is CCOc1ccc(N(C(C)C(=O)N(C)Cc2ccc(OC)cc2)S(C)(=O)=O)cc1. The number of carbonyl (C=O) groups is 1. The summed E-state index contributed by atoms with van der Waals surface area (Å²) in [5.74, 6) is 1.07. The summed E-state index contributed by atoms with van der Waals surface area (Å²) in [6, 6.07) is 13.1. The minimum Gasteiger partial charge on any atom is -0.497 e. The van der Waals surface area contributed by atoms with Gasteiger partial charge in [-0.05, 0) is 55.8 Å². The van der Waals surface area contributed by atoms with E-state index in [-0.39, 0.29) is 5.91 Å². The van der Waals surface area contributed by atoms with Crippen molar-refractivity contribution in [2.75, 3.05) is 31.3 Å². The normalized spacial score (nSPS) is 12.2. The number of ether oxygens (including phenoxy) is 2. The maximum absolute atomic E-state index is 13.0. The topological polar surface area (TPSA) is 76.2 Å². The molecule has 0 heterocycles. The Hall–Kier alpha value is -2.74. The highest BCUT2D eigenvalue weighted by Gasteiger charge is 2.31. The van der Waals surface area contributed by atoms with E-state index in [4.69, 9.17) is 9.47 Å². The zero-order valence-electron chi connectivity index (χ0n) is 17.5. The van der Waals surface area contributed by atoms with Crippen molar-refractivity contribution >= 4 is 21.6 Å². The van der Waals surface area contributed by atoms with Crippen molar-refractivity contribution in [1.29, 1.82) is 0 Å². The number of rotatable bonds is 9. The second kappa shape index (κ2) is 9.65. The number of sulfonamides is 1. The summed E-state index contributed by atoms with van der Waals surface area (Å²) in [5.41, 5.74) is 1.33. The van der Waals surface area contributed by atoms with Crippen LogP contribution >= 0.6 is 0 Å². The number of nitrogens with zero attached hydrogens (tertiary/aromatic N) is 2. The molecule has 1 unspecified atom stereocenters. The van der Waals surface area contributed by atoms with Gasteiger partial charge < -0.3 is 14.4 Å². The van der Waals surface area contributed by atoms with Crippen LogP contribution in [0.2, 0.25) is 0 Å². The lowest BCUT2D eigenvalue weighted by atomic mass is 10.2. The Kier molecular flexibility index (Phi) is 7.50. The molecule has 1 atom stereocenters. The molecule has 1 amide bonds. The van der Waals surface area contributed by atoms with Crippen LogP contribution < -0.4 is 13.8 Å². The van der Waals surface area contributed by atoms with Gasteiger partial charge in [0.05, 0.1) is 25.7 Å². The van der Waals surface area contributed by atoms with Crippen LogP contribution in [0.1, 0.15) is 19.4 Å². The first-order valence-electron chi connectivity index (χ1n) is 9.27. The number of likely N-dealkylation sites (N-methyl/N-ethyl adjacent to an activating group) is 1. The van der Waals surface area contributed by atoms with Crippen molar-refractivity contribution in [3.63, 3.8) is 0 Å². The maximum Gasteiger partial charge on any atom is 0.246 e. The highest BCUT2D eigenvalue weighted by molar-refractivity contribution is 7.92. The van der Waals surface area contributed by atoms with Crippen molar-refractivity contribution in [2.24, 2.45) is 0 Å². The van der Waals surface area contributed by atoms with Gasteiger partial charge in [0.1, 0.15) is 17.5 Å². The molecule has 2 aromatic rings. The first-order valence-corrected chi connectivity index (χ1v) is 11.1. The molecule has 0 bridgehead atoms. The number of hydrogen-bond donors (Lipinski definition) is 0. The van der Waals surface area contributed by atoms with Crippen molar-refractivity contribution in [3.05, 3.63) is 54.1 Å². The molecule has 0 saturated carbocycles. The van der Waals surface area contributed by atoms with Gasteiger partial charge in [-0.2, -0.15) is 0 Å². The highest BCUT2D eigenvalue weighted by Crippen LogP contribution is 2.25. The fourth-order valence-electron chi connectivity index (χ4n) is 3.06. The van der Waals surface area contributed by atoms with E-state index in [1.165, 1.54) is 4.90 Å². The number of methoxy groups -OCH3 is 1. The van der Waals surface area contributed by atoms with E-state index >= 15 is 0 Å². The fraction of sp³-hybridized carbons (Fsp3) is 0.381. The van der Waals surface area contributed by atoms with E-state index < -0.39 is 16.1 Å². The van der Waals surface area contributed by atoms with Gasteiger partial charge >= 0.3 is 0 Å².